The number of hydrogen-bond acceptors (Lipinski definition) is 3. The molecule has 0 fully saturated rings. The maximum atomic E-state index is 11.9. The standard InChI is InChI=1S/C16H21NO3/c1-4-19-15(16(18)20-5-2)10-12-6-7-14-13(9-12)8-11(3)17-14/h6-9,15,17H,4-5,10H2,1-3H3. The third-order valence-corrected chi connectivity index (χ3v) is 3.16. The summed E-state index contributed by atoms with van der Waals surface area (Å²) in [7, 11) is 0. The second-order valence-electron chi connectivity index (χ2n) is 4.77. The number of H-pyrrole nitrogens is 1. The van der Waals surface area contributed by atoms with Crippen LogP contribution < -0.4 is 0 Å². The van der Waals surface area contributed by atoms with Gasteiger partial charge in [-0.15, -0.1) is 0 Å². The number of benzene rings is 1. The summed E-state index contributed by atoms with van der Waals surface area (Å²) >= 11 is 0. The van der Waals surface area contributed by atoms with Gasteiger partial charge in [-0.3, -0.25) is 0 Å². The number of hydrogen-bond donors (Lipinski definition) is 1. The van der Waals surface area contributed by atoms with Crippen molar-refractivity contribution < 1.29 is 14.3 Å². The molecule has 4 heteroatoms. The van der Waals surface area contributed by atoms with Crippen LogP contribution in [0.5, 0.6) is 0 Å². The van der Waals surface area contributed by atoms with Crippen LogP contribution in [-0.2, 0) is 20.7 Å². The summed E-state index contributed by atoms with van der Waals surface area (Å²) < 4.78 is 10.5. The number of ether oxygens (including phenoxy) is 2. The van der Waals surface area contributed by atoms with Crippen molar-refractivity contribution in [3.8, 4) is 0 Å². The molecule has 4 nitrogen and oxygen atoms in total. The minimum Gasteiger partial charge on any atom is -0.464 e. The number of aromatic amines is 1. The molecule has 0 saturated carbocycles. The number of aromatic nitrogens is 1. The predicted molar refractivity (Wildman–Crippen MR) is 78.8 cm³/mol. The Morgan fingerprint density at radius 3 is 2.75 bits per heavy atom. The summed E-state index contributed by atoms with van der Waals surface area (Å²) in [5.41, 5.74) is 3.31. The Kier molecular flexibility index (Phi) is 4.79. The largest absolute Gasteiger partial charge is 0.464 e. The minimum absolute atomic E-state index is 0.292. The maximum Gasteiger partial charge on any atom is 0.335 e. The minimum atomic E-state index is -0.530. The van der Waals surface area contributed by atoms with Gasteiger partial charge in [0.15, 0.2) is 6.10 Å². The van der Waals surface area contributed by atoms with Gasteiger partial charge in [0.2, 0.25) is 0 Å². The molecule has 1 heterocycles. The molecule has 2 rings (SSSR count). The molecule has 0 aliphatic rings. The lowest BCUT2D eigenvalue weighted by Gasteiger charge is -2.15. The highest BCUT2D eigenvalue weighted by Crippen LogP contribution is 2.18. The van der Waals surface area contributed by atoms with E-state index in [0.29, 0.717) is 19.6 Å². The van der Waals surface area contributed by atoms with Gasteiger partial charge >= 0.3 is 5.97 Å². The van der Waals surface area contributed by atoms with Crippen molar-refractivity contribution in [1.29, 1.82) is 0 Å². The van der Waals surface area contributed by atoms with Gasteiger partial charge in [-0.2, -0.15) is 0 Å². The molecule has 1 aromatic carbocycles. The molecule has 0 aliphatic carbocycles. The van der Waals surface area contributed by atoms with Crippen molar-refractivity contribution in [3.05, 3.63) is 35.5 Å². The van der Waals surface area contributed by atoms with Gasteiger partial charge in [-0.1, -0.05) is 6.07 Å². The first-order valence-corrected chi connectivity index (χ1v) is 7.00. The van der Waals surface area contributed by atoms with Crippen molar-refractivity contribution in [2.75, 3.05) is 13.2 Å². The zero-order valence-electron chi connectivity index (χ0n) is 12.2. The molecule has 1 atom stereocenters. The fourth-order valence-electron chi connectivity index (χ4n) is 2.31. The van der Waals surface area contributed by atoms with E-state index in [9.17, 15) is 4.79 Å². The smallest absolute Gasteiger partial charge is 0.335 e. The van der Waals surface area contributed by atoms with E-state index in [1.54, 1.807) is 6.92 Å². The molecule has 20 heavy (non-hydrogen) atoms. The summed E-state index contributed by atoms with van der Waals surface area (Å²) in [6, 6.07) is 8.23. The number of esters is 1. The first-order valence-electron chi connectivity index (χ1n) is 7.00. The van der Waals surface area contributed by atoms with Gasteiger partial charge in [0.05, 0.1) is 6.61 Å². The van der Waals surface area contributed by atoms with Crippen LogP contribution in [0.25, 0.3) is 10.9 Å². The van der Waals surface area contributed by atoms with Crippen molar-refractivity contribution in [1.82, 2.24) is 4.98 Å². The number of nitrogens with one attached hydrogen (secondary N) is 1. The molecule has 2 aromatic rings. The van der Waals surface area contributed by atoms with E-state index in [0.717, 1.165) is 22.2 Å². The first-order chi connectivity index (χ1) is 9.63. The summed E-state index contributed by atoms with van der Waals surface area (Å²) in [5.74, 6) is -0.292. The normalized spacial score (nSPS) is 12.6. The zero-order chi connectivity index (χ0) is 14.5. The molecule has 0 bridgehead atoms. The third-order valence-electron chi connectivity index (χ3n) is 3.16. The summed E-state index contributed by atoms with van der Waals surface area (Å²) in [4.78, 5) is 15.1. The van der Waals surface area contributed by atoms with E-state index in [2.05, 4.69) is 17.1 Å². The molecule has 0 amide bonds. The average molecular weight is 275 g/mol. The van der Waals surface area contributed by atoms with Crippen LogP contribution in [0.3, 0.4) is 0 Å². The van der Waals surface area contributed by atoms with Crippen molar-refractivity contribution in [2.24, 2.45) is 0 Å². The van der Waals surface area contributed by atoms with E-state index in [1.165, 1.54) is 0 Å². The highest BCUT2D eigenvalue weighted by molar-refractivity contribution is 5.81. The van der Waals surface area contributed by atoms with E-state index >= 15 is 0 Å². The van der Waals surface area contributed by atoms with Crippen molar-refractivity contribution in [3.63, 3.8) is 0 Å². The lowest BCUT2D eigenvalue weighted by atomic mass is 10.1. The van der Waals surface area contributed by atoms with Gasteiger partial charge in [0.25, 0.3) is 0 Å². The van der Waals surface area contributed by atoms with Gasteiger partial charge in [-0.25, -0.2) is 4.79 Å². The highest BCUT2D eigenvalue weighted by Gasteiger charge is 2.20. The molecule has 1 N–H and O–H groups in total. The van der Waals surface area contributed by atoms with Crippen LogP contribution in [-0.4, -0.2) is 30.3 Å². The van der Waals surface area contributed by atoms with Crippen molar-refractivity contribution >= 4 is 16.9 Å². The van der Waals surface area contributed by atoms with E-state index in [4.69, 9.17) is 9.47 Å². The molecule has 1 aromatic heterocycles. The fraction of sp³-hybridized carbons (Fsp3) is 0.438. The highest BCUT2D eigenvalue weighted by atomic mass is 16.6. The molecule has 0 radical (unpaired) electrons. The lowest BCUT2D eigenvalue weighted by Crippen LogP contribution is -2.28. The van der Waals surface area contributed by atoms with Crippen LogP contribution >= 0.6 is 0 Å². The number of carbonyl (C=O) groups is 1. The molecule has 1 unspecified atom stereocenters. The van der Waals surface area contributed by atoms with Crippen LogP contribution in [0.2, 0.25) is 0 Å². The topological polar surface area (TPSA) is 51.3 Å². The quantitative estimate of drug-likeness (QED) is 0.825. The van der Waals surface area contributed by atoms with E-state index < -0.39 is 6.10 Å². The Hall–Kier alpha value is -1.81. The third kappa shape index (κ3) is 3.39. The Balaban J connectivity index is 2.16. The average Bonchev–Trinajstić information content (AvgIpc) is 2.78. The van der Waals surface area contributed by atoms with E-state index in [1.807, 2.05) is 26.0 Å². The molecule has 0 spiro atoms. The van der Waals surface area contributed by atoms with Gasteiger partial charge < -0.3 is 14.5 Å². The second kappa shape index (κ2) is 6.57. The Labute approximate surface area is 119 Å². The van der Waals surface area contributed by atoms with Gasteiger partial charge in [-0.05, 0) is 49.9 Å². The van der Waals surface area contributed by atoms with Gasteiger partial charge in [0.1, 0.15) is 0 Å². The van der Waals surface area contributed by atoms with Crippen LogP contribution in [0.1, 0.15) is 25.1 Å². The molecule has 108 valence electrons. The molecule has 0 saturated heterocycles. The second-order valence-corrected chi connectivity index (χ2v) is 4.77. The number of aryl methyl sites for hydroxylation is 1. The predicted octanol–water partition coefficient (Wildman–Crippen LogP) is 2.99. The number of rotatable bonds is 6. The number of carbonyl (C=O) groups excluding carboxylic acids is 1. The number of fused-ring (bicyclic) bond motifs is 1. The Morgan fingerprint density at radius 1 is 1.25 bits per heavy atom. The zero-order valence-corrected chi connectivity index (χ0v) is 12.2. The van der Waals surface area contributed by atoms with Crippen LogP contribution in [0, 0.1) is 6.92 Å². The fourth-order valence-corrected chi connectivity index (χ4v) is 2.31. The van der Waals surface area contributed by atoms with Crippen LogP contribution in [0.4, 0.5) is 0 Å². The van der Waals surface area contributed by atoms with Crippen molar-refractivity contribution in [2.45, 2.75) is 33.3 Å². The molecular weight excluding hydrogens is 254 g/mol. The van der Waals surface area contributed by atoms with Gasteiger partial charge in [0, 0.05) is 24.2 Å². The maximum absolute atomic E-state index is 11.9. The molecule has 0 aliphatic heterocycles. The SMILES string of the molecule is CCOC(=O)C(Cc1ccc2[nH]c(C)cc2c1)OCC. The summed E-state index contributed by atoms with van der Waals surface area (Å²) in [6.07, 6.45) is 0.00442. The van der Waals surface area contributed by atoms with E-state index in [-0.39, 0.29) is 5.97 Å². The summed E-state index contributed by atoms with van der Waals surface area (Å²) in [6.45, 7) is 6.58. The lowest BCUT2D eigenvalue weighted by molar-refractivity contribution is -0.156. The summed E-state index contributed by atoms with van der Waals surface area (Å²) in [5, 5.41) is 1.15. The Bertz CT molecular complexity index is 588. The first kappa shape index (κ1) is 14.6. The molecular formula is C16H21NO3. The Morgan fingerprint density at radius 2 is 2.05 bits per heavy atom. The van der Waals surface area contributed by atoms with Crippen LogP contribution in [0.15, 0.2) is 24.3 Å². The monoisotopic (exact) mass is 275 g/mol.